The van der Waals surface area contributed by atoms with E-state index in [0.29, 0.717) is 13.0 Å². The summed E-state index contributed by atoms with van der Waals surface area (Å²) in [7, 11) is 1.56. The Morgan fingerprint density at radius 3 is 2.65 bits per heavy atom. The molecule has 1 aromatic rings. The molecule has 94 valence electrons. The predicted molar refractivity (Wildman–Crippen MR) is 61.4 cm³/mol. The smallest absolute Gasteiger partial charge is 0.396 e. The van der Waals surface area contributed by atoms with E-state index >= 15 is 0 Å². The Labute approximate surface area is 100 Å². The normalized spacial score (nSPS) is 10.1. The summed E-state index contributed by atoms with van der Waals surface area (Å²) in [6.45, 7) is 4.15. The lowest BCUT2D eigenvalue weighted by Gasteiger charge is -2.14. The maximum absolute atomic E-state index is 11.5. The van der Waals surface area contributed by atoms with Gasteiger partial charge in [-0.2, -0.15) is 0 Å². The average Bonchev–Trinajstić information content (AvgIpc) is 2.71. The topological polar surface area (TPSA) is 59.8 Å². The molecule has 0 N–H and O–H groups in total. The SMILES string of the molecule is CCOC(=O)C(=O)N(C)CCc1ccc(C)o1. The van der Waals surface area contributed by atoms with E-state index in [-0.39, 0.29) is 6.61 Å². The number of hydrogen-bond donors (Lipinski definition) is 0. The van der Waals surface area contributed by atoms with Crippen LogP contribution < -0.4 is 0 Å². The van der Waals surface area contributed by atoms with Crippen molar-refractivity contribution in [2.75, 3.05) is 20.2 Å². The van der Waals surface area contributed by atoms with Crippen molar-refractivity contribution in [3.05, 3.63) is 23.7 Å². The number of esters is 1. The van der Waals surface area contributed by atoms with Crippen LogP contribution in [0.2, 0.25) is 0 Å². The summed E-state index contributed by atoms with van der Waals surface area (Å²) in [5.41, 5.74) is 0. The molecule has 0 unspecified atom stereocenters. The number of nitrogens with zero attached hydrogens (tertiary/aromatic N) is 1. The molecule has 0 fully saturated rings. The van der Waals surface area contributed by atoms with E-state index in [4.69, 9.17) is 4.42 Å². The van der Waals surface area contributed by atoms with Crippen molar-refractivity contribution in [2.45, 2.75) is 20.3 Å². The minimum Gasteiger partial charge on any atom is -0.466 e. The highest BCUT2D eigenvalue weighted by molar-refractivity contribution is 6.32. The maximum Gasteiger partial charge on any atom is 0.396 e. The number of likely N-dealkylation sites (N-methyl/N-ethyl adjacent to an activating group) is 1. The van der Waals surface area contributed by atoms with Crippen LogP contribution in [0, 0.1) is 6.92 Å². The molecule has 0 spiro atoms. The van der Waals surface area contributed by atoms with Crippen molar-refractivity contribution >= 4 is 11.9 Å². The van der Waals surface area contributed by atoms with Crippen LogP contribution in [0.4, 0.5) is 0 Å². The van der Waals surface area contributed by atoms with Gasteiger partial charge < -0.3 is 14.1 Å². The van der Waals surface area contributed by atoms with Crippen LogP contribution in [0.15, 0.2) is 16.5 Å². The molecule has 5 heteroatoms. The summed E-state index contributed by atoms with van der Waals surface area (Å²) in [6, 6.07) is 3.72. The first-order chi connectivity index (χ1) is 8.04. The third kappa shape index (κ3) is 3.94. The molecule has 0 saturated carbocycles. The van der Waals surface area contributed by atoms with Gasteiger partial charge in [0.15, 0.2) is 0 Å². The molecular formula is C12H17NO4. The zero-order valence-electron chi connectivity index (χ0n) is 10.4. The second-order valence-electron chi connectivity index (χ2n) is 3.71. The second-order valence-corrected chi connectivity index (χ2v) is 3.71. The van der Waals surface area contributed by atoms with Gasteiger partial charge in [-0.1, -0.05) is 0 Å². The lowest BCUT2D eigenvalue weighted by Crippen LogP contribution is -2.35. The van der Waals surface area contributed by atoms with Gasteiger partial charge in [-0.25, -0.2) is 4.79 Å². The van der Waals surface area contributed by atoms with Crippen molar-refractivity contribution in [2.24, 2.45) is 0 Å². The van der Waals surface area contributed by atoms with E-state index in [1.807, 2.05) is 19.1 Å². The second kappa shape index (κ2) is 6.08. The van der Waals surface area contributed by atoms with Gasteiger partial charge in [0.25, 0.3) is 0 Å². The molecule has 0 bridgehead atoms. The van der Waals surface area contributed by atoms with Crippen LogP contribution in [0.3, 0.4) is 0 Å². The number of aryl methyl sites for hydroxylation is 1. The summed E-state index contributed by atoms with van der Waals surface area (Å²) < 4.78 is 9.99. The van der Waals surface area contributed by atoms with Gasteiger partial charge >= 0.3 is 11.9 Å². The zero-order chi connectivity index (χ0) is 12.8. The van der Waals surface area contributed by atoms with Crippen molar-refractivity contribution < 1.29 is 18.7 Å². The molecule has 1 heterocycles. The number of amides is 1. The first-order valence-electron chi connectivity index (χ1n) is 5.52. The first kappa shape index (κ1) is 13.3. The van der Waals surface area contributed by atoms with Gasteiger partial charge in [0, 0.05) is 20.0 Å². The average molecular weight is 239 g/mol. The fourth-order valence-electron chi connectivity index (χ4n) is 1.35. The number of rotatable bonds is 4. The van der Waals surface area contributed by atoms with Gasteiger partial charge in [-0.3, -0.25) is 4.79 Å². The first-order valence-corrected chi connectivity index (χ1v) is 5.52. The van der Waals surface area contributed by atoms with E-state index in [9.17, 15) is 9.59 Å². The highest BCUT2D eigenvalue weighted by Crippen LogP contribution is 2.07. The predicted octanol–water partition coefficient (Wildman–Crippen LogP) is 1.15. The Morgan fingerprint density at radius 1 is 1.41 bits per heavy atom. The number of hydrogen-bond acceptors (Lipinski definition) is 4. The Hall–Kier alpha value is -1.78. The summed E-state index contributed by atoms with van der Waals surface area (Å²) in [4.78, 5) is 24.0. The van der Waals surface area contributed by atoms with Crippen LogP contribution in [-0.2, 0) is 20.7 Å². The molecule has 0 aliphatic heterocycles. The number of furan rings is 1. The third-order valence-electron chi connectivity index (χ3n) is 2.29. The van der Waals surface area contributed by atoms with Crippen molar-refractivity contribution in [1.82, 2.24) is 4.90 Å². The Morgan fingerprint density at radius 2 is 2.12 bits per heavy atom. The Balaban J connectivity index is 2.41. The van der Waals surface area contributed by atoms with Crippen LogP contribution >= 0.6 is 0 Å². The third-order valence-corrected chi connectivity index (χ3v) is 2.29. The molecule has 1 amide bonds. The highest BCUT2D eigenvalue weighted by atomic mass is 16.5. The van der Waals surface area contributed by atoms with Crippen molar-refractivity contribution in [3.63, 3.8) is 0 Å². The molecule has 1 aromatic heterocycles. The van der Waals surface area contributed by atoms with Gasteiger partial charge in [0.2, 0.25) is 0 Å². The van der Waals surface area contributed by atoms with Crippen molar-refractivity contribution in [1.29, 1.82) is 0 Å². The standard InChI is InChI=1S/C12H17NO4/c1-4-16-12(15)11(14)13(3)8-7-10-6-5-9(2)17-10/h5-6H,4,7-8H2,1-3H3. The van der Waals surface area contributed by atoms with E-state index in [2.05, 4.69) is 4.74 Å². The minimum atomic E-state index is -0.814. The molecule has 0 aliphatic rings. The van der Waals surface area contributed by atoms with Crippen molar-refractivity contribution in [3.8, 4) is 0 Å². The molecule has 0 aromatic carbocycles. The lowest BCUT2D eigenvalue weighted by molar-refractivity contribution is -0.159. The molecule has 0 saturated heterocycles. The molecule has 0 atom stereocenters. The van der Waals surface area contributed by atoms with E-state index in [1.54, 1.807) is 14.0 Å². The molecule has 5 nitrogen and oxygen atoms in total. The van der Waals surface area contributed by atoms with Crippen LogP contribution in [0.1, 0.15) is 18.4 Å². The van der Waals surface area contributed by atoms with Gasteiger partial charge in [0.1, 0.15) is 11.5 Å². The fraction of sp³-hybridized carbons (Fsp3) is 0.500. The summed E-state index contributed by atoms with van der Waals surface area (Å²) >= 11 is 0. The number of carbonyl (C=O) groups is 2. The van der Waals surface area contributed by atoms with Gasteiger partial charge in [-0.15, -0.1) is 0 Å². The van der Waals surface area contributed by atoms with Gasteiger partial charge in [0.05, 0.1) is 6.61 Å². The van der Waals surface area contributed by atoms with E-state index < -0.39 is 11.9 Å². The monoisotopic (exact) mass is 239 g/mol. The lowest BCUT2D eigenvalue weighted by atomic mass is 10.3. The Bertz CT molecular complexity index is 397. The largest absolute Gasteiger partial charge is 0.466 e. The summed E-state index contributed by atoms with van der Waals surface area (Å²) in [5.74, 6) is 0.186. The van der Waals surface area contributed by atoms with Gasteiger partial charge in [-0.05, 0) is 26.0 Å². The number of ether oxygens (including phenoxy) is 1. The van der Waals surface area contributed by atoms with E-state index in [1.165, 1.54) is 4.90 Å². The van der Waals surface area contributed by atoms with Crippen LogP contribution in [0.5, 0.6) is 0 Å². The molecule has 17 heavy (non-hydrogen) atoms. The van der Waals surface area contributed by atoms with Crippen LogP contribution in [0.25, 0.3) is 0 Å². The Kier molecular flexibility index (Phi) is 4.75. The quantitative estimate of drug-likeness (QED) is 0.584. The molecule has 0 radical (unpaired) electrons. The summed E-state index contributed by atoms with van der Waals surface area (Å²) in [5, 5.41) is 0. The minimum absolute atomic E-state index is 0.204. The molecule has 0 aliphatic carbocycles. The zero-order valence-corrected chi connectivity index (χ0v) is 10.4. The highest BCUT2D eigenvalue weighted by Gasteiger charge is 2.19. The van der Waals surface area contributed by atoms with Crippen LogP contribution in [-0.4, -0.2) is 37.0 Å². The molecular weight excluding hydrogens is 222 g/mol. The van der Waals surface area contributed by atoms with E-state index in [0.717, 1.165) is 11.5 Å². The maximum atomic E-state index is 11.5. The summed E-state index contributed by atoms with van der Waals surface area (Å²) in [6.07, 6.45) is 0.579. The number of carbonyl (C=O) groups excluding carboxylic acids is 2. The molecule has 1 rings (SSSR count). The fourth-order valence-corrected chi connectivity index (χ4v) is 1.35.